The molecule has 18 heavy (non-hydrogen) atoms. The van der Waals surface area contributed by atoms with Gasteiger partial charge in [0.05, 0.1) is 22.7 Å². The van der Waals surface area contributed by atoms with Gasteiger partial charge in [-0.2, -0.15) is 0 Å². The van der Waals surface area contributed by atoms with Gasteiger partial charge in [-0.25, -0.2) is 0 Å². The van der Waals surface area contributed by atoms with Crippen LogP contribution >= 0.6 is 11.6 Å². The van der Waals surface area contributed by atoms with Crippen molar-refractivity contribution in [2.24, 2.45) is 0 Å². The maximum absolute atomic E-state index is 12.1. The summed E-state index contributed by atoms with van der Waals surface area (Å²) in [5, 5.41) is 3.37. The number of carbonyl (C=O) groups is 1. The van der Waals surface area contributed by atoms with Crippen molar-refractivity contribution in [2.75, 3.05) is 12.8 Å². The maximum atomic E-state index is 12.1. The Morgan fingerprint density at radius 1 is 1.50 bits per heavy atom. The largest absolute Gasteiger partial charge is 0.399 e. The Morgan fingerprint density at radius 3 is 3.00 bits per heavy atom. The van der Waals surface area contributed by atoms with Crippen molar-refractivity contribution in [2.45, 2.75) is 31.4 Å². The highest BCUT2D eigenvalue weighted by molar-refractivity contribution is 6.34. The zero-order valence-electron chi connectivity index (χ0n) is 10.3. The SMILES string of the molecule is COC1CCCC1NC(=O)c1cc(N)ccc1Cl. The highest BCUT2D eigenvalue weighted by Gasteiger charge is 2.29. The Balaban J connectivity index is 2.09. The van der Waals surface area contributed by atoms with E-state index in [0.717, 1.165) is 19.3 Å². The van der Waals surface area contributed by atoms with Crippen LogP contribution in [0.4, 0.5) is 5.69 Å². The number of carbonyl (C=O) groups excluding carboxylic acids is 1. The van der Waals surface area contributed by atoms with E-state index >= 15 is 0 Å². The number of rotatable bonds is 3. The predicted octanol–water partition coefficient (Wildman–Crippen LogP) is 2.22. The van der Waals surface area contributed by atoms with Crippen LogP contribution in [-0.4, -0.2) is 25.2 Å². The molecule has 0 heterocycles. The van der Waals surface area contributed by atoms with E-state index in [4.69, 9.17) is 22.1 Å². The summed E-state index contributed by atoms with van der Waals surface area (Å²) in [6, 6.07) is 4.95. The fourth-order valence-electron chi connectivity index (χ4n) is 2.34. The number of nitrogens with one attached hydrogen (secondary N) is 1. The standard InChI is InChI=1S/C13H17ClN2O2/c1-18-12-4-2-3-11(12)16-13(17)9-7-8(15)5-6-10(9)14/h5-7,11-12H,2-4,15H2,1H3,(H,16,17). The van der Waals surface area contributed by atoms with Gasteiger partial charge in [-0.05, 0) is 37.5 Å². The second kappa shape index (κ2) is 5.59. The van der Waals surface area contributed by atoms with Gasteiger partial charge >= 0.3 is 0 Å². The molecule has 2 unspecified atom stereocenters. The lowest BCUT2D eigenvalue weighted by molar-refractivity contribution is 0.0722. The van der Waals surface area contributed by atoms with Crippen LogP contribution in [0.1, 0.15) is 29.6 Å². The molecule has 2 rings (SSSR count). The summed E-state index contributed by atoms with van der Waals surface area (Å²) in [5.74, 6) is -0.193. The number of hydrogen-bond acceptors (Lipinski definition) is 3. The van der Waals surface area contributed by atoms with E-state index in [9.17, 15) is 4.79 Å². The number of nitrogen functional groups attached to an aromatic ring is 1. The van der Waals surface area contributed by atoms with Gasteiger partial charge in [-0.1, -0.05) is 11.6 Å². The molecular formula is C13H17ClN2O2. The van der Waals surface area contributed by atoms with Crippen molar-refractivity contribution in [3.8, 4) is 0 Å². The zero-order chi connectivity index (χ0) is 13.1. The number of ether oxygens (including phenoxy) is 1. The van der Waals surface area contributed by atoms with Gasteiger partial charge in [0.2, 0.25) is 0 Å². The number of halogens is 1. The zero-order valence-corrected chi connectivity index (χ0v) is 11.0. The van der Waals surface area contributed by atoms with Gasteiger partial charge in [0.25, 0.3) is 5.91 Å². The Labute approximate surface area is 111 Å². The molecule has 0 bridgehead atoms. The smallest absolute Gasteiger partial charge is 0.253 e. The first kappa shape index (κ1) is 13.2. The van der Waals surface area contributed by atoms with Crippen LogP contribution in [0.2, 0.25) is 5.02 Å². The average Bonchev–Trinajstić information content (AvgIpc) is 2.79. The van der Waals surface area contributed by atoms with Gasteiger partial charge in [-0.15, -0.1) is 0 Å². The monoisotopic (exact) mass is 268 g/mol. The second-order valence-electron chi connectivity index (χ2n) is 4.52. The summed E-state index contributed by atoms with van der Waals surface area (Å²) in [6.07, 6.45) is 3.07. The van der Waals surface area contributed by atoms with E-state index in [-0.39, 0.29) is 18.1 Å². The second-order valence-corrected chi connectivity index (χ2v) is 4.93. The Morgan fingerprint density at radius 2 is 2.28 bits per heavy atom. The lowest BCUT2D eigenvalue weighted by Gasteiger charge is -2.20. The lowest BCUT2D eigenvalue weighted by atomic mass is 10.1. The maximum Gasteiger partial charge on any atom is 0.253 e. The first-order chi connectivity index (χ1) is 8.61. The molecule has 2 atom stereocenters. The van der Waals surface area contributed by atoms with Crippen molar-refractivity contribution in [3.63, 3.8) is 0 Å². The van der Waals surface area contributed by atoms with Crippen molar-refractivity contribution in [1.82, 2.24) is 5.32 Å². The van der Waals surface area contributed by atoms with E-state index in [0.29, 0.717) is 16.3 Å². The van der Waals surface area contributed by atoms with Crippen LogP contribution in [0.25, 0.3) is 0 Å². The molecule has 1 aliphatic carbocycles. The Hall–Kier alpha value is -1.26. The lowest BCUT2D eigenvalue weighted by Crippen LogP contribution is -2.40. The molecule has 0 aliphatic heterocycles. The van der Waals surface area contributed by atoms with Crippen molar-refractivity contribution in [3.05, 3.63) is 28.8 Å². The number of amides is 1. The van der Waals surface area contributed by atoms with Crippen molar-refractivity contribution < 1.29 is 9.53 Å². The van der Waals surface area contributed by atoms with E-state index in [2.05, 4.69) is 5.32 Å². The molecule has 1 saturated carbocycles. The van der Waals surface area contributed by atoms with Crippen LogP contribution in [0.15, 0.2) is 18.2 Å². The highest BCUT2D eigenvalue weighted by atomic mass is 35.5. The molecule has 1 aromatic rings. The third-order valence-electron chi connectivity index (χ3n) is 3.31. The normalized spacial score (nSPS) is 23.0. The summed E-state index contributed by atoms with van der Waals surface area (Å²) < 4.78 is 5.34. The fraction of sp³-hybridized carbons (Fsp3) is 0.462. The van der Waals surface area contributed by atoms with Crippen LogP contribution in [0, 0.1) is 0 Å². The average molecular weight is 269 g/mol. The molecule has 0 aromatic heterocycles. The van der Waals surface area contributed by atoms with Gasteiger partial charge < -0.3 is 15.8 Å². The van der Waals surface area contributed by atoms with Gasteiger partial charge in [0, 0.05) is 12.8 Å². The first-order valence-corrected chi connectivity index (χ1v) is 6.38. The molecule has 1 aromatic carbocycles. The van der Waals surface area contributed by atoms with Gasteiger partial charge in [0.15, 0.2) is 0 Å². The van der Waals surface area contributed by atoms with Gasteiger partial charge in [0.1, 0.15) is 0 Å². The summed E-state index contributed by atoms with van der Waals surface area (Å²) in [7, 11) is 1.67. The Kier molecular flexibility index (Phi) is 4.09. The van der Waals surface area contributed by atoms with Crippen LogP contribution in [0.3, 0.4) is 0 Å². The number of hydrogen-bond donors (Lipinski definition) is 2. The third-order valence-corrected chi connectivity index (χ3v) is 3.64. The van der Waals surface area contributed by atoms with E-state index in [1.165, 1.54) is 0 Å². The molecule has 3 N–H and O–H groups in total. The number of methoxy groups -OCH3 is 1. The first-order valence-electron chi connectivity index (χ1n) is 6.00. The molecule has 0 radical (unpaired) electrons. The third kappa shape index (κ3) is 2.76. The topological polar surface area (TPSA) is 64.3 Å². The molecular weight excluding hydrogens is 252 g/mol. The molecule has 5 heteroatoms. The van der Waals surface area contributed by atoms with Crippen molar-refractivity contribution in [1.29, 1.82) is 0 Å². The van der Waals surface area contributed by atoms with Gasteiger partial charge in [-0.3, -0.25) is 4.79 Å². The van der Waals surface area contributed by atoms with E-state index < -0.39 is 0 Å². The number of benzene rings is 1. The number of nitrogens with two attached hydrogens (primary N) is 1. The fourth-order valence-corrected chi connectivity index (χ4v) is 2.54. The predicted molar refractivity (Wildman–Crippen MR) is 71.8 cm³/mol. The molecule has 0 spiro atoms. The van der Waals surface area contributed by atoms with Crippen LogP contribution < -0.4 is 11.1 Å². The quantitative estimate of drug-likeness (QED) is 0.826. The van der Waals surface area contributed by atoms with Crippen molar-refractivity contribution >= 4 is 23.2 Å². The summed E-state index contributed by atoms with van der Waals surface area (Å²) >= 11 is 6.00. The number of anilines is 1. The molecule has 98 valence electrons. The summed E-state index contributed by atoms with van der Waals surface area (Å²) in [4.78, 5) is 12.1. The summed E-state index contributed by atoms with van der Waals surface area (Å²) in [5.41, 5.74) is 6.61. The highest BCUT2D eigenvalue weighted by Crippen LogP contribution is 2.23. The molecule has 0 saturated heterocycles. The minimum atomic E-state index is -0.193. The minimum absolute atomic E-state index is 0.0556. The minimum Gasteiger partial charge on any atom is -0.399 e. The molecule has 4 nitrogen and oxygen atoms in total. The van der Waals surface area contributed by atoms with Crippen LogP contribution in [0.5, 0.6) is 0 Å². The molecule has 1 amide bonds. The van der Waals surface area contributed by atoms with E-state index in [1.54, 1.807) is 25.3 Å². The van der Waals surface area contributed by atoms with Crippen LogP contribution in [-0.2, 0) is 4.74 Å². The molecule has 1 aliphatic rings. The Bertz CT molecular complexity index is 451. The van der Waals surface area contributed by atoms with E-state index in [1.807, 2.05) is 0 Å². The molecule has 1 fully saturated rings. The summed E-state index contributed by atoms with van der Waals surface area (Å²) in [6.45, 7) is 0.